The van der Waals surface area contributed by atoms with Crippen LogP contribution in [0.2, 0.25) is 5.02 Å². The Bertz CT molecular complexity index is 1670. The van der Waals surface area contributed by atoms with Crippen LogP contribution in [0.1, 0.15) is 76.0 Å². The lowest BCUT2D eigenvalue weighted by Crippen LogP contribution is -2.42. The van der Waals surface area contributed by atoms with E-state index < -0.39 is 5.92 Å². The largest absolute Gasteiger partial charge is 0.493 e. The summed E-state index contributed by atoms with van der Waals surface area (Å²) in [6, 6.07) is 21.2. The number of halogens is 1. The molecule has 7 heteroatoms. The van der Waals surface area contributed by atoms with Crippen molar-refractivity contribution in [3.8, 4) is 17.2 Å². The van der Waals surface area contributed by atoms with Crippen LogP contribution in [0.15, 0.2) is 89.3 Å². The molecule has 0 amide bonds. The highest BCUT2D eigenvalue weighted by Crippen LogP contribution is 2.52. The maximum atomic E-state index is 13.8. The van der Waals surface area contributed by atoms with Crippen molar-refractivity contribution in [3.63, 3.8) is 0 Å². The molecule has 1 N–H and O–H groups in total. The maximum Gasteiger partial charge on any atom is 0.162 e. The van der Waals surface area contributed by atoms with Crippen molar-refractivity contribution in [1.29, 1.82) is 0 Å². The van der Waals surface area contributed by atoms with Gasteiger partial charge >= 0.3 is 0 Å². The van der Waals surface area contributed by atoms with Crippen molar-refractivity contribution in [2.45, 2.75) is 72.5 Å². The Balaban J connectivity index is 1.33. The Labute approximate surface area is 270 Å². The van der Waals surface area contributed by atoms with Gasteiger partial charge in [0.1, 0.15) is 19.0 Å². The fourth-order valence-corrected chi connectivity index (χ4v) is 7.07. The van der Waals surface area contributed by atoms with Crippen molar-refractivity contribution in [1.82, 2.24) is 5.32 Å². The smallest absolute Gasteiger partial charge is 0.162 e. The Kier molecular flexibility index (Phi) is 8.30. The number of rotatable bonds is 8. The number of hydrogen-bond donors (Lipinski definition) is 1. The van der Waals surface area contributed by atoms with E-state index in [2.05, 4.69) is 33.0 Å². The van der Waals surface area contributed by atoms with Crippen LogP contribution in [0.3, 0.4) is 0 Å². The highest BCUT2D eigenvalue weighted by atomic mass is 35.5. The zero-order chi connectivity index (χ0) is 31.9. The molecular formula is C38H40ClNO5. The normalized spacial score (nSPS) is 19.1. The molecule has 45 heavy (non-hydrogen) atoms. The second kappa shape index (κ2) is 12.1. The number of methoxy groups -OCH3 is 1. The summed E-state index contributed by atoms with van der Waals surface area (Å²) in [7, 11) is 1.62. The molecule has 1 heterocycles. The molecule has 234 valence electrons. The average molecular weight is 626 g/mol. The Morgan fingerprint density at radius 3 is 1.91 bits per heavy atom. The van der Waals surface area contributed by atoms with E-state index in [9.17, 15) is 9.59 Å². The number of hydrogen-bond acceptors (Lipinski definition) is 6. The SMILES string of the molecule is COc1cc(COc2ccc(Cl)cc2C2C3=C(CC(C)(C)CC3=O)NC3=C2C(=O)CC(C)(C)C3)ccc1OCc1ccccc1. The van der Waals surface area contributed by atoms with Crippen molar-refractivity contribution < 1.29 is 23.8 Å². The van der Waals surface area contributed by atoms with E-state index >= 15 is 0 Å². The van der Waals surface area contributed by atoms with Crippen molar-refractivity contribution in [2.75, 3.05) is 7.11 Å². The quantitative estimate of drug-likeness (QED) is 0.271. The van der Waals surface area contributed by atoms with Gasteiger partial charge in [-0.05, 0) is 65.1 Å². The van der Waals surface area contributed by atoms with Gasteiger partial charge in [0.05, 0.1) is 7.11 Å². The Morgan fingerprint density at radius 2 is 1.29 bits per heavy atom. The van der Waals surface area contributed by atoms with Crippen LogP contribution in [-0.2, 0) is 22.8 Å². The number of allylic oxidation sites excluding steroid dienone is 4. The Hall–Kier alpha value is -4.03. The van der Waals surface area contributed by atoms with Crippen LogP contribution < -0.4 is 19.5 Å². The third kappa shape index (κ3) is 6.53. The molecule has 0 bridgehead atoms. The topological polar surface area (TPSA) is 73.9 Å². The number of dihydropyridines is 1. The molecule has 0 saturated heterocycles. The summed E-state index contributed by atoms with van der Waals surface area (Å²) in [4.78, 5) is 27.7. The second-order valence-electron chi connectivity index (χ2n) is 14.0. The van der Waals surface area contributed by atoms with Crippen molar-refractivity contribution in [2.24, 2.45) is 10.8 Å². The third-order valence-electron chi connectivity index (χ3n) is 8.86. The van der Waals surface area contributed by atoms with Crippen LogP contribution in [-0.4, -0.2) is 18.7 Å². The average Bonchev–Trinajstić information content (AvgIpc) is 2.97. The number of carbonyl (C=O) groups is 2. The van der Waals surface area contributed by atoms with E-state index in [0.29, 0.717) is 52.9 Å². The van der Waals surface area contributed by atoms with E-state index in [4.69, 9.17) is 25.8 Å². The molecule has 0 fully saturated rings. The summed E-state index contributed by atoms with van der Waals surface area (Å²) in [5.74, 6) is 1.42. The molecule has 0 spiro atoms. The van der Waals surface area contributed by atoms with Gasteiger partial charge in [0, 0.05) is 51.9 Å². The maximum absolute atomic E-state index is 13.8. The minimum atomic E-state index is -0.541. The third-order valence-corrected chi connectivity index (χ3v) is 9.10. The second-order valence-corrected chi connectivity index (χ2v) is 14.4. The minimum absolute atomic E-state index is 0.0599. The van der Waals surface area contributed by atoms with Crippen LogP contribution >= 0.6 is 11.6 Å². The van der Waals surface area contributed by atoms with Crippen molar-refractivity contribution >= 4 is 23.2 Å². The van der Waals surface area contributed by atoms with Crippen LogP contribution in [0.25, 0.3) is 0 Å². The van der Waals surface area contributed by atoms with Gasteiger partial charge in [0.15, 0.2) is 23.1 Å². The molecule has 6 nitrogen and oxygen atoms in total. The lowest BCUT2D eigenvalue weighted by molar-refractivity contribution is -0.119. The molecule has 3 aromatic carbocycles. The number of benzene rings is 3. The van der Waals surface area contributed by atoms with Crippen LogP contribution in [0.5, 0.6) is 17.2 Å². The van der Waals surface area contributed by atoms with Gasteiger partial charge in [-0.1, -0.05) is 75.7 Å². The van der Waals surface area contributed by atoms with Gasteiger partial charge < -0.3 is 19.5 Å². The summed E-state index contributed by atoms with van der Waals surface area (Å²) in [5, 5.41) is 4.10. The molecule has 3 aromatic rings. The lowest BCUT2D eigenvalue weighted by Gasteiger charge is -2.44. The van der Waals surface area contributed by atoms with Gasteiger partial charge in [0.2, 0.25) is 0 Å². The van der Waals surface area contributed by atoms with Crippen LogP contribution in [0.4, 0.5) is 0 Å². The number of nitrogens with one attached hydrogen (secondary N) is 1. The summed E-state index contributed by atoms with van der Waals surface area (Å²) >= 11 is 6.59. The molecule has 1 aliphatic heterocycles. The highest BCUT2D eigenvalue weighted by molar-refractivity contribution is 6.30. The zero-order valence-electron chi connectivity index (χ0n) is 26.6. The molecular weight excluding hydrogens is 586 g/mol. The highest BCUT2D eigenvalue weighted by Gasteiger charge is 2.47. The van der Waals surface area contributed by atoms with E-state index in [0.717, 1.165) is 40.9 Å². The molecule has 0 unspecified atom stereocenters. The number of ether oxygens (including phenoxy) is 3. The predicted octanol–water partition coefficient (Wildman–Crippen LogP) is 8.48. The van der Waals surface area contributed by atoms with E-state index in [1.807, 2.05) is 60.7 Å². The van der Waals surface area contributed by atoms with E-state index in [1.165, 1.54) is 0 Å². The van der Waals surface area contributed by atoms with E-state index in [1.54, 1.807) is 13.2 Å². The zero-order valence-corrected chi connectivity index (χ0v) is 27.3. The molecule has 0 radical (unpaired) electrons. The number of ketones is 2. The first kappa shape index (κ1) is 31.0. The van der Waals surface area contributed by atoms with Crippen molar-refractivity contribution in [3.05, 3.63) is 111 Å². The molecule has 6 rings (SSSR count). The van der Waals surface area contributed by atoms with Gasteiger partial charge in [-0.25, -0.2) is 0 Å². The Morgan fingerprint density at radius 1 is 0.711 bits per heavy atom. The van der Waals surface area contributed by atoms with Gasteiger partial charge in [-0.15, -0.1) is 0 Å². The fourth-order valence-electron chi connectivity index (χ4n) is 6.89. The monoisotopic (exact) mass is 625 g/mol. The first-order valence-corrected chi connectivity index (χ1v) is 15.9. The summed E-state index contributed by atoms with van der Waals surface area (Å²) in [6.45, 7) is 9.14. The van der Waals surface area contributed by atoms with Crippen LogP contribution in [0, 0.1) is 10.8 Å². The first-order chi connectivity index (χ1) is 21.4. The number of Topliss-reactive ketones (excluding diaryl/α,β-unsaturated/α-hetero) is 2. The van der Waals surface area contributed by atoms with E-state index in [-0.39, 0.29) is 29.0 Å². The summed E-state index contributed by atoms with van der Waals surface area (Å²) < 4.78 is 18.1. The summed E-state index contributed by atoms with van der Waals surface area (Å²) in [6.07, 6.45) is 2.29. The molecule has 3 aliphatic rings. The first-order valence-electron chi connectivity index (χ1n) is 15.5. The van der Waals surface area contributed by atoms with Gasteiger partial charge in [-0.3, -0.25) is 9.59 Å². The predicted molar refractivity (Wildman–Crippen MR) is 176 cm³/mol. The molecule has 0 saturated carbocycles. The minimum Gasteiger partial charge on any atom is -0.493 e. The molecule has 0 aromatic heterocycles. The molecule has 0 atom stereocenters. The lowest BCUT2D eigenvalue weighted by atomic mass is 9.64. The van der Waals surface area contributed by atoms with Gasteiger partial charge in [-0.2, -0.15) is 0 Å². The van der Waals surface area contributed by atoms with Gasteiger partial charge in [0.25, 0.3) is 0 Å². The number of carbonyl (C=O) groups excluding carboxylic acids is 2. The fraction of sp³-hybridized carbons (Fsp3) is 0.368. The summed E-state index contributed by atoms with van der Waals surface area (Å²) in [5.41, 5.74) is 5.48. The standard InChI is InChI=1S/C38H40ClNO5/c1-37(2)17-27-35(29(41)19-37)34(36-28(40-27)18-38(3,4)20-30(36)42)26-16-25(39)12-14-31(26)44-22-24-11-13-32(33(15-24)43-5)45-21-23-9-7-6-8-10-23/h6-16,34,40H,17-22H2,1-5H3. The molecule has 2 aliphatic carbocycles.